The number of aryl methyl sites for hydroxylation is 2. The molecule has 0 aromatic carbocycles. The van der Waals surface area contributed by atoms with Crippen molar-refractivity contribution in [3.8, 4) is 0 Å². The Balaban J connectivity index is 1.44. The van der Waals surface area contributed by atoms with Crippen molar-refractivity contribution in [3.05, 3.63) is 23.8 Å². The first kappa shape index (κ1) is 17.8. The van der Waals surface area contributed by atoms with E-state index in [4.69, 9.17) is 0 Å². The van der Waals surface area contributed by atoms with Crippen LogP contribution >= 0.6 is 0 Å². The molecule has 8 nitrogen and oxygen atoms in total. The summed E-state index contributed by atoms with van der Waals surface area (Å²) >= 11 is 0. The van der Waals surface area contributed by atoms with Crippen LogP contribution in [0.15, 0.2) is 12.4 Å². The van der Waals surface area contributed by atoms with Gasteiger partial charge in [0.25, 0.3) is 5.91 Å². The van der Waals surface area contributed by atoms with E-state index < -0.39 is 0 Å². The number of carbonyl (C=O) groups is 2. The van der Waals surface area contributed by atoms with E-state index in [1.807, 2.05) is 14.0 Å². The molecule has 144 valence electrons. The van der Waals surface area contributed by atoms with E-state index >= 15 is 0 Å². The highest BCUT2D eigenvalue weighted by atomic mass is 16.2. The lowest BCUT2D eigenvalue weighted by molar-refractivity contribution is -0.117. The Hall–Kier alpha value is -2.64. The third-order valence-electron chi connectivity index (χ3n) is 6.24. The van der Waals surface area contributed by atoms with Crippen LogP contribution in [-0.4, -0.2) is 31.4 Å². The highest BCUT2D eigenvalue weighted by Crippen LogP contribution is 2.49. The predicted molar refractivity (Wildman–Crippen MR) is 101 cm³/mol. The number of hydrogen-bond acceptors (Lipinski definition) is 4. The Kier molecular flexibility index (Phi) is 4.49. The van der Waals surface area contributed by atoms with Crippen molar-refractivity contribution in [1.82, 2.24) is 19.6 Å². The van der Waals surface area contributed by atoms with Gasteiger partial charge in [-0.05, 0) is 43.9 Å². The number of carbonyl (C=O) groups excluding carboxylic acids is 2. The van der Waals surface area contributed by atoms with Crippen LogP contribution in [-0.2, 0) is 18.9 Å². The lowest BCUT2D eigenvalue weighted by atomic mass is 9.86. The van der Waals surface area contributed by atoms with Gasteiger partial charge < -0.3 is 10.6 Å². The van der Waals surface area contributed by atoms with Crippen LogP contribution in [0.25, 0.3) is 0 Å². The third kappa shape index (κ3) is 3.36. The molecule has 2 aromatic rings. The molecule has 8 heteroatoms. The summed E-state index contributed by atoms with van der Waals surface area (Å²) in [5.41, 5.74) is 2.28. The second kappa shape index (κ2) is 6.83. The molecular formula is C19H26N6O2. The lowest BCUT2D eigenvalue weighted by Gasteiger charge is -2.20. The molecule has 2 saturated carbocycles. The van der Waals surface area contributed by atoms with Gasteiger partial charge in [0.1, 0.15) is 5.69 Å². The molecule has 2 amide bonds. The second-order valence-electron chi connectivity index (χ2n) is 7.94. The van der Waals surface area contributed by atoms with Crippen LogP contribution in [0.2, 0.25) is 0 Å². The SMILES string of the molecule is Cc1c(NC(=O)c2c(NC(=O)CC3CC4CCC3C4)cnn2C)cnn1C. The van der Waals surface area contributed by atoms with Crippen molar-refractivity contribution in [2.24, 2.45) is 31.8 Å². The van der Waals surface area contributed by atoms with E-state index in [0.29, 0.717) is 35.3 Å². The maximum Gasteiger partial charge on any atom is 0.276 e. The Bertz CT molecular complexity index is 883. The molecule has 3 atom stereocenters. The van der Waals surface area contributed by atoms with Gasteiger partial charge in [0.05, 0.1) is 29.5 Å². The fourth-order valence-corrected chi connectivity index (χ4v) is 4.67. The lowest BCUT2D eigenvalue weighted by Crippen LogP contribution is -2.23. The van der Waals surface area contributed by atoms with Crippen LogP contribution in [0, 0.1) is 24.7 Å². The van der Waals surface area contributed by atoms with Gasteiger partial charge >= 0.3 is 0 Å². The van der Waals surface area contributed by atoms with E-state index in [-0.39, 0.29) is 11.8 Å². The summed E-state index contributed by atoms with van der Waals surface area (Å²) in [6.45, 7) is 1.88. The quantitative estimate of drug-likeness (QED) is 0.845. The molecule has 27 heavy (non-hydrogen) atoms. The first-order chi connectivity index (χ1) is 12.9. The van der Waals surface area contributed by atoms with Crippen molar-refractivity contribution in [3.63, 3.8) is 0 Å². The van der Waals surface area contributed by atoms with E-state index in [0.717, 1.165) is 11.6 Å². The number of anilines is 2. The molecule has 3 unspecified atom stereocenters. The molecule has 2 aromatic heterocycles. The Morgan fingerprint density at radius 3 is 2.44 bits per heavy atom. The van der Waals surface area contributed by atoms with Gasteiger partial charge in [-0.3, -0.25) is 19.0 Å². The fraction of sp³-hybridized carbons (Fsp3) is 0.579. The Labute approximate surface area is 158 Å². The average molecular weight is 370 g/mol. The zero-order valence-corrected chi connectivity index (χ0v) is 16.0. The normalized spacial score (nSPS) is 23.6. The van der Waals surface area contributed by atoms with Crippen molar-refractivity contribution in [2.75, 3.05) is 10.6 Å². The van der Waals surface area contributed by atoms with Gasteiger partial charge in [-0.25, -0.2) is 0 Å². The Morgan fingerprint density at radius 1 is 1.07 bits per heavy atom. The third-order valence-corrected chi connectivity index (χ3v) is 6.24. The fourth-order valence-electron chi connectivity index (χ4n) is 4.67. The highest BCUT2D eigenvalue weighted by Gasteiger charge is 2.40. The summed E-state index contributed by atoms with van der Waals surface area (Å²) in [6.07, 6.45) is 8.69. The molecule has 2 heterocycles. The minimum Gasteiger partial charge on any atom is -0.323 e. The van der Waals surface area contributed by atoms with Crippen molar-refractivity contribution < 1.29 is 9.59 Å². The van der Waals surface area contributed by atoms with Crippen LogP contribution < -0.4 is 10.6 Å². The summed E-state index contributed by atoms with van der Waals surface area (Å²) in [6, 6.07) is 0. The number of hydrogen-bond donors (Lipinski definition) is 2. The average Bonchev–Trinajstić information content (AvgIpc) is 3.38. The number of nitrogens with zero attached hydrogens (tertiary/aromatic N) is 4. The molecule has 0 radical (unpaired) electrons. The van der Waals surface area contributed by atoms with Crippen LogP contribution in [0.1, 0.15) is 48.3 Å². The standard InChI is InChI=1S/C19H26N6O2/c1-11-15(9-20-24(11)2)23-19(27)18-16(10-21-25(18)3)22-17(26)8-14-7-12-4-5-13(14)6-12/h9-10,12-14H,4-8H2,1-3H3,(H,22,26)(H,23,27). The summed E-state index contributed by atoms with van der Waals surface area (Å²) in [4.78, 5) is 25.3. The molecular weight excluding hydrogens is 344 g/mol. The van der Waals surface area contributed by atoms with Gasteiger partial charge in [-0.1, -0.05) is 6.42 Å². The zero-order chi connectivity index (χ0) is 19.1. The van der Waals surface area contributed by atoms with Crippen LogP contribution in [0.4, 0.5) is 11.4 Å². The topological polar surface area (TPSA) is 93.8 Å². The molecule has 2 bridgehead atoms. The summed E-state index contributed by atoms with van der Waals surface area (Å²) in [7, 11) is 3.51. The van der Waals surface area contributed by atoms with Crippen molar-refractivity contribution >= 4 is 23.2 Å². The molecule has 4 rings (SSSR count). The van der Waals surface area contributed by atoms with Crippen molar-refractivity contribution in [2.45, 2.75) is 39.0 Å². The molecule has 0 saturated heterocycles. The van der Waals surface area contributed by atoms with Crippen LogP contribution in [0.5, 0.6) is 0 Å². The molecule has 2 aliphatic rings. The smallest absolute Gasteiger partial charge is 0.276 e. The number of fused-ring (bicyclic) bond motifs is 2. The number of nitrogens with one attached hydrogen (secondary N) is 2. The number of rotatable bonds is 5. The molecule has 0 aliphatic heterocycles. The van der Waals surface area contributed by atoms with E-state index in [9.17, 15) is 9.59 Å². The molecule has 2 N–H and O–H groups in total. The van der Waals surface area contributed by atoms with E-state index in [1.54, 1.807) is 17.9 Å². The van der Waals surface area contributed by atoms with Gasteiger partial charge in [0.15, 0.2) is 0 Å². The Morgan fingerprint density at radius 2 is 1.81 bits per heavy atom. The molecule has 2 aliphatic carbocycles. The number of aromatic nitrogens is 4. The minimum absolute atomic E-state index is 0.0350. The first-order valence-electron chi connectivity index (χ1n) is 9.54. The summed E-state index contributed by atoms with van der Waals surface area (Å²) in [5.74, 6) is 1.64. The maximum atomic E-state index is 12.7. The van der Waals surface area contributed by atoms with E-state index in [2.05, 4.69) is 20.8 Å². The first-order valence-corrected chi connectivity index (χ1v) is 9.54. The summed E-state index contributed by atoms with van der Waals surface area (Å²) in [5, 5.41) is 14.0. The summed E-state index contributed by atoms with van der Waals surface area (Å²) < 4.78 is 3.17. The van der Waals surface area contributed by atoms with Gasteiger partial charge in [-0.15, -0.1) is 0 Å². The monoisotopic (exact) mass is 370 g/mol. The molecule has 2 fully saturated rings. The zero-order valence-electron chi connectivity index (χ0n) is 16.0. The van der Waals surface area contributed by atoms with Gasteiger partial charge in [0.2, 0.25) is 5.91 Å². The predicted octanol–water partition coefficient (Wildman–Crippen LogP) is 2.48. The number of amides is 2. The van der Waals surface area contributed by atoms with Crippen LogP contribution in [0.3, 0.4) is 0 Å². The van der Waals surface area contributed by atoms with Crippen molar-refractivity contribution in [1.29, 1.82) is 0 Å². The highest BCUT2D eigenvalue weighted by molar-refractivity contribution is 6.09. The van der Waals surface area contributed by atoms with E-state index in [1.165, 1.54) is 36.6 Å². The van der Waals surface area contributed by atoms with Gasteiger partial charge in [0, 0.05) is 20.5 Å². The maximum absolute atomic E-state index is 12.7. The second-order valence-corrected chi connectivity index (χ2v) is 7.94. The largest absolute Gasteiger partial charge is 0.323 e. The minimum atomic E-state index is -0.318. The molecule has 0 spiro atoms. The van der Waals surface area contributed by atoms with Gasteiger partial charge in [-0.2, -0.15) is 10.2 Å².